The van der Waals surface area contributed by atoms with Crippen LogP contribution in [0.5, 0.6) is 11.5 Å². The van der Waals surface area contributed by atoms with Gasteiger partial charge in [0.1, 0.15) is 11.5 Å². The Balaban J connectivity index is 1.63. The molecule has 0 bridgehead atoms. The Morgan fingerprint density at radius 3 is 2.78 bits per heavy atom. The maximum Gasteiger partial charge on any atom is 0.224 e. The first-order chi connectivity index (χ1) is 13.1. The summed E-state index contributed by atoms with van der Waals surface area (Å²) in [5.41, 5.74) is 1.51. The first kappa shape index (κ1) is 19.0. The second kappa shape index (κ2) is 8.73. The van der Waals surface area contributed by atoms with E-state index in [4.69, 9.17) is 13.9 Å². The Hall–Kier alpha value is -2.80. The largest absolute Gasteiger partial charge is 0.497 e. The molecular weight excluding hydrogens is 412 g/mol. The van der Waals surface area contributed by atoms with E-state index in [9.17, 15) is 4.79 Å². The normalized spacial score (nSPS) is 10.5. The van der Waals surface area contributed by atoms with Gasteiger partial charge in [-0.2, -0.15) is 0 Å². The molecule has 1 amide bonds. The molecule has 3 rings (SSSR count). The van der Waals surface area contributed by atoms with Gasteiger partial charge in [-0.1, -0.05) is 22.0 Å². The number of carbonyl (C=O) groups is 1. The lowest BCUT2D eigenvalue weighted by atomic mass is 10.1. The number of hydrogen-bond donors (Lipinski definition) is 1. The van der Waals surface area contributed by atoms with Crippen LogP contribution in [0.2, 0.25) is 0 Å². The van der Waals surface area contributed by atoms with E-state index in [1.54, 1.807) is 26.5 Å². The maximum absolute atomic E-state index is 12.1. The fraction of sp³-hybridized carbons (Fsp3) is 0.200. The van der Waals surface area contributed by atoms with Crippen LogP contribution >= 0.6 is 15.9 Å². The molecule has 3 aromatic rings. The molecule has 0 fully saturated rings. The average Bonchev–Trinajstić information content (AvgIpc) is 3.14. The van der Waals surface area contributed by atoms with Gasteiger partial charge in [0.2, 0.25) is 5.91 Å². The van der Waals surface area contributed by atoms with Gasteiger partial charge in [0.15, 0.2) is 11.7 Å². The summed E-state index contributed by atoms with van der Waals surface area (Å²) in [5.74, 6) is 2.29. The number of halogens is 1. The van der Waals surface area contributed by atoms with Crippen molar-refractivity contribution in [3.8, 4) is 22.8 Å². The highest BCUT2D eigenvalue weighted by molar-refractivity contribution is 9.10. The third-order valence-corrected chi connectivity index (χ3v) is 4.40. The molecule has 6 nitrogen and oxygen atoms in total. The summed E-state index contributed by atoms with van der Waals surface area (Å²) in [6, 6.07) is 12.9. The van der Waals surface area contributed by atoms with Crippen molar-refractivity contribution in [1.29, 1.82) is 0 Å². The van der Waals surface area contributed by atoms with Gasteiger partial charge in [0, 0.05) is 29.1 Å². The molecule has 1 aromatic heterocycles. The van der Waals surface area contributed by atoms with E-state index < -0.39 is 0 Å². The molecule has 0 aliphatic heterocycles. The number of hydrogen-bond acceptors (Lipinski definition) is 5. The molecule has 0 spiro atoms. The maximum atomic E-state index is 12.1. The van der Waals surface area contributed by atoms with Crippen LogP contribution in [0.4, 0.5) is 5.69 Å². The molecule has 0 radical (unpaired) electrons. The number of nitrogens with zero attached hydrogens (tertiary/aromatic N) is 1. The van der Waals surface area contributed by atoms with Gasteiger partial charge in [-0.25, -0.2) is 4.98 Å². The van der Waals surface area contributed by atoms with Crippen molar-refractivity contribution >= 4 is 27.5 Å². The predicted molar refractivity (Wildman–Crippen MR) is 106 cm³/mol. The molecule has 0 saturated carbocycles. The number of oxazole rings is 1. The fourth-order valence-electron chi connectivity index (χ4n) is 2.56. The molecule has 0 saturated heterocycles. The summed E-state index contributed by atoms with van der Waals surface area (Å²) in [4.78, 5) is 16.4. The zero-order valence-corrected chi connectivity index (χ0v) is 16.6. The van der Waals surface area contributed by atoms with E-state index in [0.717, 1.165) is 15.7 Å². The Bertz CT molecular complexity index is 939. The van der Waals surface area contributed by atoms with Gasteiger partial charge in [-0.3, -0.25) is 4.79 Å². The Morgan fingerprint density at radius 1 is 1.19 bits per heavy atom. The minimum Gasteiger partial charge on any atom is -0.497 e. The minimum absolute atomic E-state index is 0.102. The summed E-state index contributed by atoms with van der Waals surface area (Å²) >= 11 is 3.38. The standard InChI is InChI=1S/C20H19BrN2O4/c1-25-15-6-7-16(17(11-15)26-2)18-12-22-20(27-18)9-8-19(24)23-14-5-3-4-13(21)10-14/h3-7,10-12H,8-9H2,1-2H3,(H,23,24). The number of aryl methyl sites for hydroxylation is 1. The predicted octanol–water partition coefficient (Wildman–Crippen LogP) is 4.69. The number of amides is 1. The molecule has 0 atom stereocenters. The lowest BCUT2D eigenvalue weighted by Gasteiger charge is -2.08. The van der Waals surface area contributed by atoms with Crippen LogP contribution in [0, 0.1) is 0 Å². The lowest BCUT2D eigenvalue weighted by Crippen LogP contribution is -2.12. The summed E-state index contributed by atoms with van der Waals surface area (Å²) in [7, 11) is 3.18. The number of benzene rings is 2. The monoisotopic (exact) mass is 430 g/mol. The molecule has 27 heavy (non-hydrogen) atoms. The van der Waals surface area contributed by atoms with Crippen LogP contribution in [0.25, 0.3) is 11.3 Å². The fourth-order valence-corrected chi connectivity index (χ4v) is 2.96. The Labute approximate surface area is 165 Å². The highest BCUT2D eigenvalue weighted by Crippen LogP contribution is 2.33. The number of methoxy groups -OCH3 is 2. The van der Waals surface area contributed by atoms with E-state index >= 15 is 0 Å². The van der Waals surface area contributed by atoms with Gasteiger partial charge < -0.3 is 19.2 Å². The van der Waals surface area contributed by atoms with Gasteiger partial charge in [0.25, 0.3) is 0 Å². The molecular formula is C20H19BrN2O4. The zero-order chi connectivity index (χ0) is 19.2. The van der Waals surface area contributed by atoms with Crippen LogP contribution in [-0.4, -0.2) is 25.1 Å². The highest BCUT2D eigenvalue weighted by Gasteiger charge is 2.13. The molecule has 0 aliphatic carbocycles. The van der Waals surface area contributed by atoms with E-state index in [-0.39, 0.29) is 12.3 Å². The van der Waals surface area contributed by atoms with E-state index in [2.05, 4.69) is 26.2 Å². The molecule has 7 heteroatoms. The molecule has 1 N–H and O–H groups in total. The van der Waals surface area contributed by atoms with Crippen molar-refractivity contribution in [2.75, 3.05) is 19.5 Å². The molecule has 0 aliphatic rings. The Kier molecular flexibility index (Phi) is 6.13. The second-order valence-corrected chi connectivity index (χ2v) is 6.66. The smallest absolute Gasteiger partial charge is 0.224 e. The Morgan fingerprint density at radius 2 is 2.04 bits per heavy atom. The average molecular weight is 431 g/mol. The van der Waals surface area contributed by atoms with Crippen molar-refractivity contribution < 1.29 is 18.7 Å². The number of ether oxygens (including phenoxy) is 2. The third kappa shape index (κ3) is 4.89. The van der Waals surface area contributed by atoms with Crippen LogP contribution in [-0.2, 0) is 11.2 Å². The quantitative estimate of drug-likeness (QED) is 0.588. The van der Waals surface area contributed by atoms with Crippen LogP contribution in [0.15, 0.2) is 57.6 Å². The second-order valence-electron chi connectivity index (χ2n) is 5.74. The summed E-state index contributed by atoms with van der Waals surface area (Å²) in [6.45, 7) is 0. The van der Waals surface area contributed by atoms with Crippen LogP contribution in [0.3, 0.4) is 0 Å². The van der Waals surface area contributed by atoms with E-state index in [1.165, 1.54) is 0 Å². The first-order valence-electron chi connectivity index (χ1n) is 8.31. The lowest BCUT2D eigenvalue weighted by molar-refractivity contribution is -0.116. The van der Waals surface area contributed by atoms with Gasteiger partial charge >= 0.3 is 0 Å². The number of aromatic nitrogens is 1. The summed E-state index contributed by atoms with van der Waals surface area (Å²) < 4.78 is 17.3. The number of carbonyl (C=O) groups excluding carboxylic acids is 1. The molecule has 1 heterocycles. The topological polar surface area (TPSA) is 73.6 Å². The molecule has 140 valence electrons. The van der Waals surface area contributed by atoms with Crippen molar-refractivity contribution in [2.45, 2.75) is 12.8 Å². The van der Waals surface area contributed by atoms with Crippen LogP contribution < -0.4 is 14.8 Å². The number of nitrogens with one attached hydrogen (secondary N) is 1. The van der Waals surface area contributed by atoms with Crippen molar-refractivity contribution in [3.63, 3.8) is 0 Å². The van der Waals surface area contributed by atoms with Gasteiger partial charge in [-0.05, 0) is 30.3 Å². The first-order valence-corrected chi connectivity index (χ1v) is 9.11. The van der Waals surface area contributed by atoms with Gasteiger partial charge in [-0.15, -0.1) is 0 Å². The summed E-state index contributed by atoms with van der Waals surface area (Å²) in [5, 5.41) is 2.85. The minimum atomic E-state index is -0.102. The SMILES string of the molecule is COc1ccc(-c2cnc(CCC(=O)Nc3cccc(Br)c3)o2)c(OC)c1. The number of rotatable bonds is 7. The van der Waals surface area contributed by atoms with E-state index in [0.29, 0.717) is 29.6 Å². The third-order valence-electron chi connectivity index (χ3n) is 3.90. The van der Waals surface area contributed by atoms with Crippen molar-refractivity contribution in [2.24, 2.45) is 0 Å². The molecule has 2 aromatic carbocycles. The van der Waals surface area contributed by atoms with Gasteiger partial charge in [0.05, 0.1) is 26.0 Å². The van der Waals surface area contributed by atoms with Crippen molar-refractivity contribution in [3.05, 3.63) is 59.0 Å². The zero-order valence-electron chi connectivity index (χ0n) is 15.0. The van der Waals surface area contributed by atoms with Crippen LogP contribution in [0.1, 0.15) is 12.3 Å². The summed E-state index contributed by atoms with van der Waals surface area (Å²) in [6.07, 6.45) is 2.30. The number of anilines is 1. The van der Waals surface area contributed by atoms with Crippen molar-refractivity contribution in [1.82, 2.24) is 4.98 Å². The molecule has 0 unspecified atom stereocenters. The highest BCUT2D eigenvalue weighted by atomic mass is 79.9. The van der Waals surface area contributed by atoms with E-state index in [1.807, 2.05) is 36.4 Å².